The fraction of sp³-hybridized carbons (Fsp3) is 0.296. The van der Waals surface area contributed by atoms with Crippen LogP contribution in [0.5, 0.6) is 5.75 Å². The van der Waals surface area contributed by atoms with Gasteiger partial charge in [-0.3, -0.25) is 0 Å². The Morgan fingerprint density at radius 2 is 1.78 bits per heavy atom. The van der Waals surface area contributed by atoms with Crippen LogP contribution in [0.25, 0.3) is 11.1 Å². The van der Waals surface area contributed by atoms with E-state index in [4.69, 9.17) is 9.84 Å². The molecule has 32 heavy (non-hydrogen) atoms. The van der Waals surface area contributed by atoms with Gasteiger partial charge in [0.15, 0.2) is 0 Å². The van der Waals surface area contributed by atoms with Crippen LogP contribution >= 0.6 is 0 Å². The summed E-state index contributed by atoms with van der Waals surface area (Å²) in [6.45, 7) is 5.29. The lowest BCUT2D eigenvalue weighted by Crippen LogP contribution is -2.36. The summed E-state index contributed by atoms with van der Waals surface area (Å²) in [6, 6.07) is 19.1. The number of hydrogen-bond donors (Lipinski definition) is 3. The quantitative estimate of drug-likeness (QED) is 0.506. The van der Waals surface area contributed by atoms with Crippen molar-refractivity contribution in [2.75, 3.05) is 13.1 Å². The van der Waals surface area contributed by atoms with Gasteiger partial charge in [0.2, 0.25) is 0 Å². The van der Waals surface area contributed by atoms with E-state index in [2.05, 4.69) is 25.2 Å². The minimum absolute atomic E-state index is 0.0650. The fourth-order valence-electron chi connectivity index (χ4n) is 4.04. The van der Waals surface area contributed by atoms with Gasteiger partial charge in [-0.2, -0.15) is 0 Å². The van der Waals surface area contributed by atoms with Crippen LogP contribution in [-0.4, -0.2) is 35.4 Å². The number of fused-ring (bicyclic) bond motifs is 1. The molecule has 0 fully saturated rings. The van der Waals surface area contributed by atoms with Crippen LogP contribution in [0.2, 0.25) is 0 Å². The predicted molar refractivity (Wildman–Crippen MR) is 125 cm³/mol. The van der Waals surface area contributed by atoms with Crippen molar-refractivity contribution in [2.45, 2.75) is 38.9 Å². The van der Waals surface area contributed by atoms with Gasteiger partial charge in [-0.05, 0) is 84.3 Å². The maximum Gasteiger partial charge on any atom is 0.335 e. The van der Waals surface area contributed by atoms with Crippen LogP contribution in [-0.2, 0) is 6.42 Å². The first-order valence-electron chi connectivity index (χ1n) is 11.0. The monoisotopic (exact) mass is 431 g/mol. The summed E-state index contributed by atoms with van der Waals surface area (Å²) in [7, 11) is 0. The molecule has 166 valence electrons. The number of ether oxygens (including phenoxy) is 1. The lowest BCUT2D eigenvalue weighted by molar-refractivity contribution is 0.0697. The van der Waals surface area contributed by atoms with E-state index in [-0.39, 0.29) is 11.7 Å². The number of carboxylic acids is 1. The number of benzene rings is 3. The van der Waals surface area contributed by atoms with Crippen molar-refractivity contribution in [3.8, 4) is 16.9 Å². The minimum Gasteiger partial charge on any atom is -0.489 e. The van der Waals surface area contributed by atoms with E-state index >= 15 is 0 Å². The highest BCUT2D eigenvalue weighted by Gasteiger charge is 2.20. The number of aromatic carboxylic acids is 1. The maximum absolute atomic E-state index is 11.0. The molecule has 0 aromatic heterocycles. The molecule has 2 atom stereocenters. The Labute approximate surface area is 188 Å². The lowest BCUT2D eigenvalue weighted by atomic mass is 9.96. The zero-order valence-corrected chi connectivity index (χ0v) is 18.5. The Kier molecular flexibility index (Phi) is 6.58. The number of rotatable bonds is 7. The average Bonchev–Trinajstić information content (AvgIpc) is 2.80. The molecule has 5 heteroatoms. The highest BCUT2D eigenvalue weighted by atomic mass is 16.5. The molecule has 3 aromatic rings. The lowest BCUT2D eigenvalue weighted by Gasteiger charge is -2.27. The van der Waals surface area contributed by atoms with Crippen LogP contribution in [0.4, 0.5) is 0 Å². The number of carbonyl (C=O) groups is 1. The third-order valence-electron chi connectivity index (χ3n) is 6.18. The Morgan fingerprint density at radius 3 is 2.50 bits per heavy atom. The van der Waals surface area contributed by atoms with Crippen molar-refractivity contribution in [2.24, 2.45) is 0 Å². The molecule has 0 saturated heterocycles. The first-order valence-corrected chi connectivity index (χ1v) is 11.0. The highest BCUT2D eigenvalue weighted by Crippen LogP contribution is 2.32. The Bertz CT molecular complexity index is 1110. The van der Waals surface area contributed by atoms with Crippen molar-refractivity contribution in [3.63, 3.8) is 0 Å². The van der Waals surface area contributed by atoms with E-state index < -0.39 is 12.1 Å². The standard InChI is InChI=1S/C27H29NO4/c1-17-3-4-22(13-18(17)2)25(29)16-28-15-24-11-9-23-14-21(10-12-26(23)32-24)19-5-7-20(8-6-19)27(30)31/h3-8,10,12-14,24-25,28-29H,9,11,15-16H2,1-2H3,(H,30,31)/t24-,25-/m1/s1. The SMILES string of the molecule is Cc1ccc([C@H](O)CNC[C@H]2CCc3cc(-c4ccc(C(=O)O)cc4)ccc3O2)cc1C. The Morgan fingerprint density at radius 1 is 1.03 bits per heavy atom. The van der Waals surface area contributed by atoms with E-state index in [0.717, 1.165) is 40.8 Å². The van der Waals surface area contributed by atoms with Gasteiger partial charge in [-0.15, -0.1) is 0 Å². The van der Waals surface area contributed by atoms with E-state index in [9.17, 15) is 9.90 Å². The molecule has 0 unspecified atom stereocenters. The molecule has 1 aliphatic rings. The number of hydrogen-bond acceptors (Lipinski definition) is 4. The van der Waals surface area contributed by atoms with Crippen molar-refractivity contribution >= 4 is 5.97 Å². The van der Waals surface area contributed by atoms with Gasteiger partial charge in [0.05, 0.1) is 11.7 Å². The average molecular weight is 432 g/mol. The van der Waals surface area contributed by atoms with E-state index in [0.29, 0.717) is 13.1 Å². The summed E-state index contributed by atoms with van der Waals surface area (Å²) in [4.78, 5) is 11.0. The zero-order chi connectivity index (χ0) is 22.7. The molecule has 0 aliphatic carbocycles. The molecule has 0 saturated carbocycles. The molecule has 0 bridgehead atoms. The van der Waals surface area contributed by atoms with Crippen LogP contribution < -0.4 is 10.1 Å². The van der Waals surface area contributed by atoms with Gasteiger partial charge < -0.3 is 20.3 Å². The summed E-state index contributed by atoms with van der Waals surface area (Å²) >= 11 is 0. The third-order valence-corrected chi connectivity index (χ3v) is 6.18. The summed E-state index contributed by atoms with van der Waals surface area (Å²) < 4.78 is 6.17. The van der Waals surface area contributed by atoms with Gasteiger partial charge in [0.25, 0.3) is 0 Å². The third kappa shape index (κ3) is 5.01. The topological polar surface area (TPSA) is 78.8 Å². The number of nitrogens with one attached hydrogen (secondary N) is 1. The maximum atomic E-state index is 11.0. The smallest absolute Gasteiger partial charge is 0.335 e. The molecular weight excluding hydrogens is 402 g/mol. The fourth-order valence-corrected chi connectivity index (χ4v) is 4.04. The summed E-state index contributed by atoms with van der Waals surface area (Å²) in [5.41, 5.74) is 6.83. The highest BCUT2D eigenvalue weighted by molar-refractivity contribution is 5.88. The molecular formula is C27H29NO4. The number of carboxylic acid groups (broad SMARTS) is 1. The number of aryl methyl sites for hydroxylation is 3. The number of aliphatic hydroxyl groups is 1. The predicted octanol–water partition coefficient (Wildman–Crippen LogP) is 4.69. The van der Waals surface area contributed by atoms with Crippen molar-refractivity contribution in [1.29, 1.82) is 0 Å². The van der Waals surface area contributed by atoms with Crippen LogP contribution in [0.3, 0.4) is 0 Å². The molecule has 3 aromatic carbocycles. The normalized spacial score (nSPS) is 16.2. The molecule has 5 nitrogen and oxygen atoms in total. The van der Waals surface area contributed by atoms with Gasteiger partial charge in [-0.25, -0.2) is 4.79 Å². The first kappa shape index (κ1) is 22.1. The summed E-state index contributed by atoms with van der Waals surface area (Å²) in [5, 5.41) is 22.9. The molecule has 3 N–H and O–H groups in total. The summed E-state index contributed by atoms with van der Waals surface area (Å²) in [6.07, 6.45) is 1.35. The van der Waals surface area contributed by atoms with Crippen LogP contribution in [0.15, 0.2) is 60.7 Å². The van der Waals surface area contributed by atoms with Gasteiger partial charge >= 0.3 is 5.97 Å². The number of aliphatic hydroxyl groups excluding tert-OH is 1. The second-order valence-electron chi connectivity index (χ2n) is 8.50. The van der Waals surface area contributed by atoms with Gasteiger partial charge in [0.1, 0.15) is 11.9 Å². The largest absolute Gasteiger partial charge is 0.489 e. The Hall–Kier alpha value is -3.15. The minimum atomic E-state index is -0.920. The Balaban J connectivity index is 1.32. The van der Waals surface area contributed by atoms with Crippen molar-refractivity contribution in [1.82, 2.24) is 5.32 Å². The molecule has 4 rings (SSSR count). The second kappa shape index (κ2) is 9.55. The summed E-state index contributed by atoms with van der Waals surface area (Å²) in [5.74, 6) is -0.0276. The van der Waals surface area contributed by atoms with Crippen molar-refractivity contribution < 1.29 is 19.7 Å². The van der Waals surface area contributed by atoms with Gasteiger partial charge in [0, 0.05) is 13.1 Å². The molecule has 0 amide bonds. The van der Waals surface area contributed by atoms with Crippen LogP contribution in [0, 0.1) is 13.8 Å². The van der Waals surface area contributed by atoms with Gasteiger partial charge in [-0.1, -0.05) is 36.4 Å². The van der Waals surface area contributed by atoms with E-state index in [1.54, 1.807) is 12.1 Å². The van der Waals surface area contributed by atoms with E-state index in [1.165, 1.54) is 11.1 Å². The first-order chi connectivity index (χ1) is 15.4. The van der Waals surface area contributed by atoms with E-state index in [1.807, 2.05) is 42.5 Å². The second-order valence-corrected chi connectivity index (χ2v) is 8.50. The molecule has 1 aliphatic heterocycles. The zero-order valence-electron chi connectivity index (χ0n) is 18.5. The molecule has 1 heterocycles. The molecule has 0 radical (unpaired) electrons. The van der Waals surface area contributed by atoms with Crippen LogP contribution in [0.1, 0.15) is 45.1 Å². The van der Waals surface area contributed by atoms with Crippen molar-refractivity contribution in [3.05, 3.63) is 88.5 Å². The molecule has 0 spiro atoms.